The van der Waals surface area contributed by atoms with Crippen LogP contribution in [-0.4, -0.2) is 27.9 Å². The zero-order chi connectivity index (χ0) is 22.8. The molecule has 0 saturated carbocycles. The Balaban J connectivity index is 1.31. The fourth-order valence-corrected chi connectivity index (χ4v) is 5.11. The Bertz CT molecular complexity index is 1380. The second-order valence-corrected chi connectivity index (χ2v) is 9.76. The molecular formula is C24H24N6O2S. The summed E-state index contributed by atoms with van der Waals surface area (Å²) in [5.41, 5.74) is 3.67. The molecule has 4 aromatic rings. The van der Waals surface area contributed by atoms with E-state index >= 15 is 0 Å². The zero-order valence-corrected chi connectivity index (χ0v) is 19.0. The van der Waals surface area contributed by atoms with E-state index in [9.17, 15) is 8.42 Å². The molecule has 2 aromatic carbocycles. The number of benzene rings is 2. The molecule has 2 aromatic heterocycles. The molecule has 0 radical (unpaired) electrons. The van der Waals surface area contributed by atoms with E-state index < -0.39 is 10.0 Å². The molecule has 9 heteroatoms. The predicted molar refractivity (Wildman–Crippen MR) is 128 cm³/mol. The molecule has 0 saturated heterocycles. The van der Waals surface area contributed by atoms with Crippen LogP contribution in [-0.2, 0) is 22.9 Å². The van der Waals surface area contributed by atoms with E-state index in [2.05, 4.69) is 25.0 Å². The lowest BCUT2D eigenvalue weighted by Crippen LogP contribution is -2.14. The normalized spacial score (nSPS) is 13.4. The maximum Gasteiger partial charge on any atom is 0.261 e. The Morgan fingerprint density at radius 2 is 1.67 bits per heavy atom. The summed E-state index contributed by atoms with van der Waals surface area (Å²) in [5, 5.41) is 3.24. The molecule has 5 rings (SSSR count). The maximum absolute atomic E-state index is 12.9. The van der Waals surface area contributed by atoms with Gasteiger partial charge in [0.25, 0.3) is 10.0 Å². The summed E-state index contributed by atoms with van der Waals surface area (Å²) in [6.07, 6.45) is 9.40. The summed E-state index contributed by atoms with van der Waals surface area (Å²) < 4.78 is 30.3. The lowest BCUT2D eigenvalue weighted by molar-refractivity contribution is 0.600. The number of sulfonamides is 1. The molecule has 0 fully saturated rings. The SMILES string of the molecule is Cc1nc(Nc2ccc(NS(=O)(=O)c3ccc4c(c3)CCCC4)cc2)cc(-n2ccnc2)n1. The summed E-state index contributed by atoms with van der Waals surface area (Å²) in [5.74, 6) is 1.96. The molecule has 168 valence electrons. The first-order valence-corrected chi connectivity index (χ1v) is 12.3. The highest BCUT2D eigenvalue weighted by atomic mass is 32.2. The minimum atomic E-state index is -3.65. The standard InChI is InChI=1S/C24H24N6O2S/c1-17-26-23(15-24(27-17)30-13-12-25-16-30)28-20-7-9-21(10-8-20)29-33(31,32)22-11-6-18-4-2-3-5-19(18)14-22/h6-16,29H,2-5H2,1H3,(H,26,27,28). The van der Waals surface area contributed by atoms with Gasteiger partial charge in [-0.25, -0.2) is 23.4 Å². The van der Waals surface area contributed by atoms with Crippen molar-refractivity contribution in [1.82, 2.24) is 19.5 Å². The van der Waals surface area contributed by atoms with E-state index in [1.54, 1.807) is 47.4 Å². The van der Waals surface area contributed by atoms with Crippen LogP contribution < -0.4 is 10.0 Å². The van der Waals surface area contributed by atoms with Crippen molar-refractivity contribution in [3.8, 4) is 5.82 Å². The zero-order valence-electron chi connectivity index (χ0n) is 18.2. The number of aryl methyl sites for hydroxylation is 3. The molecule has 1 aliphatic carbocycles. The lowest BCUT2D eigenvalue weighted by Gasteiger charge is -2.17. The lowest BCUT2D eigenvalue weighted by atomic mass is 9.92. The third-order valence-corrected chi connectivity index (χ3v) is 7.01. The molecular weight excluding hydrogens is 436 g/mol. The average molecular weight is 461 g/mol. The number of anilines is 3. The van der Waals surface area contributed by atoms with Gasteiger partial charge >= 0.3 is 0 Å². The van der Waals surface area contributed by atoms with Crippen LogP contribution in [0.25, 0.3) is 5.82 Å². The van der Waals surface area contributed by atoms with Crippen LogP contribution in [0.2, 0.25) is 0 Å². The van der Waals surface area contributed by atoms with Gasteiger partial charge in [0.1, 0.15) is 23.8 Å². The first kappa shape index (κ1) is 21.1. The Hall–Kier alpha value is -3.72. The van der Waals surface area contributed by atoms with Gasteiger partial charge < -0.3 is 5.32 Å². The van der Waals surface area contributed by atoms with E-state index in [-0.39, 0.29) is 0 Å². The minimum absolute atomic E-state index is 0.300. The number of rotatable bonds is 6. The van der Waals surface area contributed by atoms with Crippen LogP contribution in [0.4, 0.5) is 17.2 Å². The monoisotopic (exact) mass is 460 g/mol. The van der Waals surface area contributed by atoms with Crippen molar-refractivity contribution in [2.24, 2.45) is 0 Å². The van der Waals surface area contributed by atoms with Crippen LogP contribution >= 0.6 is 0 Å². The van der Waals surface area contributed by atoms with E-state index in [4.69, 9.17) is 0 Å². The second-order valence-electron chi connectivity index (χ2n) is 8.07. The predicted octanol–water partition coefficient (Wildman–Crippen LogP) is 4.39. The highest BCUT2D eigenvalue weighted by molar-refractivity contribution is 7.92. The van der Waals surface area contributed by atoms with Crippen LogP contribution in [0.3, 0.4) is 0 Å². The molecule has 33 heavy (non-hydrogen) atoms. The number of nitrogens with zero attached hydrogens (tertiary/aromatic N) is 4. The number of hydrogen-bond acceptors (Lipinski definition) is 6. The smallest absolute Gasteiger partial charge is 0.261 e. The third kappa shape index (κ3) is 4.73. The summed E-state index contributed by atoms with van der Waals surface area (Å²) in [6, 6.07) is 14.3. The van der Waals surface area contributed by atoms with Crippen molar-refractivity contribution >= 4 is 27.2 Å². The van der Waals surface area contributed by atoms with Gasteiger partial charge in [-0.3, -0.25) is 9.29 Å². The van der Waals surface area contributed by atoms with Crippen molar-refractivity contribution in [2.75, 3.05) is 10.0 Å². The summed E-state index contributed by atoms with van der Waals surface area (Å²) in [6.45, 7) is 1.82. The van der Waals surface area contributed by atoms with Gasteiger partial charge in [-0.1, -0.05) is 6.07 Å². The maximum atomic E-state index is 12.9. The number of imidazole rings is 1. The van der Waals surface area contributed by atoms with Crippen LogP contribution in [0.1, 0.15) is 29.8 Å². The van der Waals surface area contributed by atoms with Crippen LogP contribution in [0, 0.1) is 6.92 Å². The van der Waals surface area contributed by atoms with Crippen molar-refractivity contribution in [3.63, 3.8) is 0 Å². The molecule has 0 unspecified atom stereocenters. The van der Waals surface area contributed by atoms with Gasteiger partial charge in [0, 0.05) is 29.8 Å². The molecule has 0 atom stereocenters. The van der Waals surface area contributed by atoms with Gasteiger partial charge in [0.15, 0.2) is 0 Å². The van der Waals surface area contributed by atoms with Crippen LogP contribution in [0.15, 0.2) is 72.1 Å². The third-order valence-electron chi connectivity index (χ3n) is 5.63. The van der Waals surface area contributed by atoms with Gasteiger partial charge in [0.05, 0.1) is 4.90 Å². The quantitative estimate of drug-likeness (QED) is 0.442. The number of fused-ring (bicyclic) bond motifs is 1. The molecule has 0 amide bonds. The van der Waals surface area contributed by atoms with Crippen molar-refractivity contribution in [2.45, 2.75) is 37.5 Å². The summed E-state index contributed by atoms with van der Waals surface area (Å²) >= 11 is 0. The highest BCUT2D eigenvalue weighted by Crippen LogP contribution is 2.26. The van der Waals surface area contributed by atoms with E-state index in [1.807, 2.05) is 31.3 Å². The van der Waals surface area contributed by atoms with Crippen molar-refractivity contribution < 1.29 is 8.42 Å². The molecule has 0 bridgehead atoms. The Labute approximate surface area is 192 Å². The fraction of sp³-hybridized carbons (Fsp3) is 0.208. The second kappa shape index (κ2) is 8.67. The molecule has 1 aliphatic rings. The molecule has 2 heterocycles. The topological polar surface area (TPSA) is 102 Å². The molecule has 0 aliphatic heterocycles. The van der Waals surface area contributed by atoms with E-state index in [0.717, 1.165) is 36.9 Å². The largest absolute Gasteiger partial charge is 0.340 e. The van der Waals surface area contributed by atoms with Gasteiger partial charge in [0.2, 0.25) is 0 Å². The molecule has 2 N–H and O–H groups in total. The fourth-order valence-electron chi connectivity index (χ4n) is 4.00. The Morgan fingerprint density at radius 3 is 2.42 bits per heavy atom. The minimum Gasteiger partial charge on any atom is -0.340 e. The molecule has 0 spiro atoms. The first-order chi connectivity index (χ1) is 16.0. The van der Waals surface area contributed by atoms with Crippen molar-refractivity contribution in [1.29, 1.82) is 0 Å². The Morgan fingerprint density at radius 1 is 0.909 bits per heavy atom. The number of nitrogens with one attached hydrogen (secondary N) is 2. The summed E-state index contributed by atoms with van der Waals surface area (Å²) in [7, 11) is -3.65. The van der Waals surface area contributed by atoms with Gasteiger partial charge in [-0.05, 0) is 80.1 Å². The van der Waals surface area contributed by atoms with E-state index in [1.165, 1.54) is 5.56 Å². The van der Waals surface area contributed by atoms with Gasteiger partial charge in [-0.2, -0.15) is 0 Å². The van der Waals surface area contributed by atoms with E-state index in [0.29, 0.717) is 28.0 Å². The van der Waals surface area contributed by atoms with Gasteiger partial charge in [-0.15, -0.1) is 0 Å². The van der Waals surface area contributed by atoms with Crippen molar-refractivity contribution in [3.05, 3.63) is 84.2 Å². The first-order valence-electron chi connectivity index (χ1n) is 10.8. The average Bonchev–Trinajstić information content (AvgIpc) is 3.35. The number of hydrogen-bond donors (Lipinski definition) is 2. The Kier molecular flexibility index (Phi) is 5.55. The van der Waals surface area contributed by atoms with Crippen LogP contribution in [0.5, 0.6) is 0 Å². The highest BCUT2D eigenvalue weighted by Gasteiger charge is 2.18. The molecule has 8 nitrogen and oxygen atoms in total. The summed E-state index contributed by atoms with van der Waals surface area (Å²) in [4.78, 5) is 13.2. The number of aromatic nitrogens is 4.